The summed E-state index contributed by atoms with van der Waals surface area (Å²) in [4.78, 5) is 12.3. The largest absolute Gasteiger partial charge is 0.507 e. The number of ketones is 1. The molecule has 0 amide bonds. The van der Waals surface area contributed by atoms with Gasteiger partial charge in [-0.25, -0.2) is 0 Å². The average Bonchev–Trinajstić information content (AvgIpc) is 2.59. The molecule has 0 aromatic heterocycles. The number of rotatable bonds is 6. The van der Waals surface area contributed by atoms with Crippen molar-refractivity contribution in [3.8, 4) is 5.75 Å². The highest BCUT2D eigenvalue weighted by atomic mass is 16.5. The second-order valence-corrected chi connectivity index (χ2v) is 6.85. The first kappa shape index (κ1) is 18.5. The Bertz CT molecular complexity index is 760. The van der Waals surface area contributed by atoms with Crippen LogP contribution in [0.25, 0.3) is 5.76 Å². The highest BCUT2D eigenvalue weighted by Crippen LogP contribution is 2.23. The minimum atomic E-state index is -0.232. The molecule has 3 heteroatoms. The van der Waals surface area contributed by atoms with E-state index in [4.69, 9.17) is 4.74 Å². The topological polar surface area (TPSA) is 46.5 Å². The Morgan fingerprint density at radius 3 is 2.12 bits per heavy atom. The van der Waals surface area contributed by atoms with Crippen molar-refractivity contribution < 1.29 is 14.6 Å². The molecule has 2 aromatic carbocycles. The molecule has 0 atom stereocenters. The monoisotopic (exact) mass is 336 g/mol. The fourth-order valence-corrected chi connectivity index (χ4v) is 2.30. The summed E-state index contributed by atoms with van der Waals surface area (Å²) in [6.45, 7) is 10.4. The van der Waals surface area contributed by atoms with E-state index < -0.39 is 0 Å². The van der Waals surface area contributed by atoms with Crippen molar-refractivity contribution in [1.29, 1.82) is 0 Å². The molecule has 0 aliphatic rings. The van der Waals surface area contributed by atoms with Gasteiger partial charge in [0.25, 0.3) is 0 Å². The van der Waals surface area contributed by atoms with Crippen molar-refractivity contribution >= 4 is 11.5 Å². The molecule has 0 fully saturated rings. The maximum absolute atomic E-state index is 12.3. The summed E-state index contributed by atoms with van der Waals surface area (Å²) >= 11 is 0. The van der Waals surface area contributed by atoms with Crippen LogP contribution in [-0.2, 0) is 5.41 Å². The van der Waals surface area contributed by atoms with Crippen molar-refractivity contribution in [2.75, 3.05) is 6.61 Å². The van der Waals surface area contributed by atoms with Crippen LogP contribution in [0.15, 0.2) is 67.3 Å². The van der Waals surface area contributed by atoms with Gasteiger partial charge in [-0.05, 0) is 35.2 Å². The minimum Gasteiger partial charge on any atom is -0.507 e. The van der Waals surface area contributed by atoms with Gasteiger partial charge in [-0.2, -0.15) is 0 Å². The highest BCUT2D eigenvalue weighted by Gasteiger charge is 2.14. The number of hydrogen-bond donors (Lipinski definition) is 1. The molecule has 2 aromatic rings. The smallest absolute Gasteiger partial charge is 0.189 e. The van der Waals surface area contributed by atoms with Gasteiger partial charge in [0.05, 0.1) is 0 Å². The lowest BCUT2D eigenvalue weighted by Gasteiger charge is -2.18. The number of aliphatic hydroxyl groups excluding tert-OH is 1. The van der Waals surface area contributed by atoms with Crippen LogP contribution < -0.4 is 4.74 Å². The zero-order valence-electron chi connectivity index (χ0n) is 15.0. The van der Waals surface area contributed by atoms with Gasteiger partial charge in [0, 0.05) is 17.2 Å². The number of benzene rings is 2. The van der Waals surface area contributed by atoms with Crippen molar-refractivity contribution in [2.45, 2.75) is 26.2 Å². The lowest BCUT2D eigenvalue weighted by molar-refractivity contribution is 0.104. The third kappa shape index (κ3) is 5.08. The number of aliphatic hydroxyl groups is 1. The first-order valence-corrected chi connectivity index (χ1v) is 8.21. The summed E-state index contributed by atoms with van der Waals surface area (Å²) in [6.07, 6.45) is 2.90. The van der Waals surface area contributed by atoms with E-state index in [-0.39, 0.29) is 17.0 Å². The van der Waals surface area contributed by atoms with E-state index in [1.54, 1.807) is 42.5 Å². The molecule has 25 heavy (non-hydrogen) atoms. The summed E-state index contributed by atoms with van der Waals surface area (Å²) in [5, 5.41) is 10.2. The molecule has 0 spiro atoms. The van der Waals surface area contributed by atoms with Crippen molar-refractivity contribution in [3.05, 3.63) is 84.0 Å². The second-order valence-electron chi connectivity index (χ2n) is 6.85. The van der Waals surface area contributed by atoms with Crippen molar-refractivity contribution in [3.63, 3.8) is 0 Å². The molecule has 2 rings (SSSR count). The Balaban J connectivity index is 2.13. The number of carbonyl (C=O) groups is 1. The van der Waals surface area contributed by atoms with E-state index in [1.807, 2.05) is 12.1 Å². The van der Waals surface area contributed by atoms with Gasteiger partial charge in [0.2, 0.25) is 0 Å². The highest BCUT2D eigenvalue weighted by molar-refractivity contribution is 6.07. The van der Waals surface area contributed by atoms with E-state index in [1.165, 1.54) is 6.08 Å². The summed E-state index contributed by atoms with van der Waals surface area (Å²) in [5.74, 6) is 0.380. The van der Waals surface area contributed by atoms with Crippen LogP contribution >= 0.6 is 0 Å². The van der Waals surface area contributed by atoms with E-state index in [0.717, 1.165) is 5.56 Å². The van der Waals surface area contributed by atoms with Gasteiger partial charge in [0.1, 0.15) is 18.1 Å². The van der Waals surface area contributed by atoms with Gasteiger partial charge in [-0.15, -0.1) is 0 Å². The third-order valence-corrected chi connectivity index (χ3v) is 3.82. The van der Waals surface area contributed by atoms with Crippen LogP contribution in [0.5, 0.6) is 5.75 Å². The van der Waals surface area contributed by atoms with Gasteiger partial charge >= 0.3 is 0 Å². The van der Waals surface area contributed by atoms with Gasteiger partial charge in [-0.3, -0.25) is 4.79 Å². The van der Waals surface area contributed by atoms with Crippen LogP contribution in [-0.4, -0.2) is 17.5 Å². The third-order valence-electron chi connectivity index (χ3n) is 3.82. The maximum Gasteiger partial charge on any atom is 0.189 e. The molecular weight excluding hydrogens is 312 g/mol. The van der Waals surface area contributed by atoms with E-state index in [0.29, 0.717) is 23.5 Å². The fraction of sp³-hybridized carbons (Fsp3) is 0.227. The first-order valence-electron chi connectivity index (χ1n) is 8.21. The SMILES string of the molecule is C=CCOc1ccc(/C(O)=C/C(=O)c2ccc(C(C)(C)C)cc2)cc1. The van der Waals surface area contributed by atoms with Gasteiger partial charge in [0.15, 0.2) is 5.78 Å². The number of hydrogen-bond acceptors (Lipinski definition) is 3. The molecule has 0 bridgehead atoms. The fourth-order valence-electron chi connectivity index (χ4n) is 2.30. The number of allylic oxidation sites excluding steroid dienone is 1. The molecule has 0 aliphatic carbocycles. The molecule has 0 aliphatic heterocycles. The zero-order valence-corrected chi connectivity index (χ0v) is 15.0. The van der Waals surface area contributed by atoms with Crippen LogP contribution in [0.3, 0.4) is 0 Å². The second kappa shape index (κ2) is 7.84. The molecule has 0 saturated heterocycles. The summed E-state index contributed by atoms with van der Waals surface area (Å²) < 4.78 is 5.39. The molecule has 0 unspecified atom stereocenters. The van der Waals surface area contributed by atoms with E-state index in [2.05, 4.69) is 27.4 Å². The van der Waals surface area contributed by atoms with Crippen molar-refractivity contribution in [2.24, 2.45) is 0 Å². The molecule has 0 heterocycles. The predicted octanol–water partition coefficient (Wildman–Crippen LogP) is 5.33. The van der Waals surface area contributed by atoms with E-state index >= 15 is 0 Å². The summed E-state index contributed by atoms with van der Waals surface area (Å²) in [6, 6.07) is 14.4. The van der Waals surface area contributed by atoms with Crippen molar-refractivity contribution in [1.82, 2.24) is 0 Å². The zero-order chi connectivity index (χ0) is 18.4. The van der Waals surface area contributed by atoms with Crippen LogP contribution in [0, 0.1) is 0 Å². The molecule has 3 nitrogen and oxygen atoms in total. The van der Waals surface area contributed by atoms with Gasteiger partial charge in [-0.1, -0.05) is 57.7 Å². The van der Waals surface area contributed by atoms with Crippen LogP contribution in [0.2, 0.25) is 0 Å². The summed E-state index contributed by atoms with van der Waals surface area (Å²) in [7, 11) is 0. The Morgan fingerprint density at radius 1 is 1.04 bits per heavy atom. The predicted molar refractivity (Wildman–Crippen MR) is 102 cm³/mol. The first-order chi connectivity index (χ1) is 11.8. The molecule has 0 radical (unpaired) electrons. The Kier molecular flexibility index (Phi) is 5.81. The lowest BCUT2D eigenvalue weighted by Crippen LogP contribution is -2.11. The van der Waals surface area contributed by atoms with Gasteiger partial charge < -0.3 is 9.84 Å². The van der Waals surface area contributed by atoms with Crippen LogP contribution in [0.1, 0.15) is 42.3 Å². The Morgan fingerprint density at radius 2 is 1.60 bits per heavy atom. The normalized spacial score (nSPS) is 11.9. The molecule has 130 valence electrons. The van der Waals surface area contributed by atoms with Crippen LogP contribution in [0.4, 0.5) is 0 Å². The Labute approximate surface area is 149 Å². The molecular formula is C22H24O3. The average molecular weight is 336 g/mol. The number of carbonyl (C=O) groups excluding carboxylic acids is 1. The standard InChI is InChI=1S/C22H24O3/c1-5-14-25-19-12-8-17(9-13-19)21(24)15-20(23)16-6-10-18(11-7-16)22(2,3)4/h5-13,15,24H,1,14H2,2-4H3/b21-15-. The number of ether oxygens (including phenoxy) is 1. The van der Waals surface area contributed by atoms with E-state index in [9.17, 15) is 9.90 Å². The Hall–Kier alpha value is -2.81. The lowest BCUT2D eigenvalue weighted by atomic mass is 9.86. The molecule has 0 saturated carbocycles. The quantitative estimate of drug-likeness (QED) is 0.336. The maximum atomic E-state index is 12.3. The minimum absolute atomic E-state index is 0.0367. The molecule has 1 N–H and O–H groups in total. The summed E-state index contributed by atoms with van der Waals surface area (Å²) in [5.41, 5.74) is 2.30.